The van der Waals surface area contributed by atoms with E-state index in [0.717, 1.165) is 12.4 Å². The van der Waals surface area contributed by atoms with E-state index in [0.29, 0.717) is 5.92 Å². The number of fused-ring (bicyclic) bond motifs is 1. The van der Waals surface area contributed by atoms with Crippen LogP contribution in [-0.4, -0.2) is 6.61 Å². The van der Waals surface area contributed by atoms with Crippen molar-refractivity contribution in [1.29, 1.82) is 0 Å². The van der Waals surface area contributed by atoms with Gasteiger partial charge in [-0.1, -0.05) is 46.6 Å². The standard InChI is InChI=1S/C18H27ClO/c1-5-7-13(8-6-2)17(19)14-9-10-16-15(11-14)18(3,4)12-20-16/h9-11,13,17H,5-8,12H2,1-4H3. The number of hydrogen-bond donors (Lipinski definition) is 0. The minimum Gasteiger partial charge on any atom is -0.492 e. The van der Waals surface area contributed by atoms with E-state index in [2.05, 4.69) is 45.9 Å². The van der Waals surface area contributed by atoms with Gasteiger partial charge in [0.1, 0.15) is 5.75 Å². The molecule has 1 heterocycles. The average Bonchev–Trinajstić information content (AvgIpc) is 2.73. The van der Waals surface area contributed by atoms with Gasteiger partial charge in [-0.15, -0.1) is 11.6 Å². The summed E-state index contributed by atoms with van der Waals surface area (Å²) < 4.78 is 5.76. The van der Waals surface area contributed by atoms with Gasteiger partial charge in [-0.2, -0.15) is 0 Å². The van der Waals surface area contributed by atoms with Crippen LogP contribution in [-0.2, 0) is 5.41 Å². The van der Waals surface area contributed by atoms with Crippen LogP contribution in [0.2, 0.25) is 0 Å². The third-order valence-electron chi connectivity index (χ3n) is 4.37. The molecule has 1 aromatic rings. The Labute approximate surface area is 128 Å². The van der Waals surface area contributed by atoms with Crippen LogP contribution in [0.5, 0.6) is 5.75 Å². The lowest BCUT2D eigenvalue weighted by molar-refractivity contribution is 0.291. The van der Waals surface area contributed by atoms with Crippen LogP contribution in [0, 0.1) is 5.92 Å². The van der Waals surface area contributed by atoms with Gasteiger partial charge in [0.15, 0.2) is 0 Å². The monoisotopic (exact) mass is 294 g/mol. The fraction of sp³-hybridized carbons (Fsp3) is 0.667. The minimum atomic E-state index is 0.104. The third-order valence-corrected chi connectivity index (χ3v) is 4.98. The highest BCUT2D eigenvalue weighted by molar-refractivity contribution is 6.21. The summed E-state index contributed by atoms with van der Waals surface area (Å²) in [7, 11) is 0. The van der Waals surface area contributed by atoms with Crippen LogP contribution >= 0.6 is 11.6 Å². The zero-order chi connectivity index (χ0) is 14.8. The maximum Gasteiger partial charge on any atom is 0.123 e. The lowest BCUT2D eigenvalue weighted by Crippen LogP contribution is -2.18. The van der Waals surface area contributed by atoms with Gasteiger partial charge >= 0.3 is 0 Å². The molecule has 112 valence electrons. The van der Waals surface area contributed by atoms with Gasteiger partial charge in [-0.25, -0.2) is 0 Å². The molecule has 1 aliphatic heterocycles. The molecule has 0 saturated carbocycles. The first-order valence-corrected chi connectivity index (χ1v) is 8.34. The molecule has 1 aliphatic rings. The molecule has 2 heteroatoms. The maximum absolute atomic E-state index is 6.78. The number of rotatable bonds is 6. The lowest BCUT2D eigenvalue weighted by atomic mass is 9.84. The highest BCUT2D eigenvalue weighted by Crippen LogP contribution is 2.42. The summed E-state index contributed by atoms with van der Waals surface area (Å²) in [6, 6.07) is 6.53. The molecule has 0 aromatic heterocycles. The van der Waals surface area contributed by atoms with Gasteiger partial charge in [0.05, 0.1) is 12.0 Å². The fourth-order valence-electron chi connectivity index (χ4n) is 3.16. The van der Waals surface area contributed by atoms with E-state index in [1.165, 1.54) is 36.8 Å². The number of alkyl halides is 1. The second-order valence-corrected chi connectivity index (χ2v) is 7.14. The largest absolute Gasteiger partial charge is 0.492 e. The zero-order valence-corrected chi connectivity index (χ0v) is 14.0. The van der Waals surface area contributed by atoms with E-state index >= 15 is 0 Å². The van der Waals surface area contributed by atoms with Gasteiger partial charge < -0.3 is 4.74 Å². The van der Waals surface area contributed by atoms with Crippen LogP contribution in [0.25, 0.3) is 0 Å². The molecule has 0 radical (unpaired) electrons. The molecule has 1 nitrogen and oxygen atoms in total. The molecule has 2 rings (SSSR count). The van der Waals surface area contributed by atoms with E-state index in [4.69, 9.17) is 16.3 Å². The first-order chi connectivity index (χ1) is 9.49. The normalized spacial score (nSPS) is 17.9. The first kappa shape index (κ1) is 15.7. The Morgan fingerprint density at radius 2 is 1.85 bits per heavy atom. The Morgan fingerprint density at radius 3 is 2.45 bits per heavy atom. The smallest absolute Gasteiger partial charge is 0.123 e. The molecule has 20 heavy (non-hydrogen) atoms. The molecule has 0 amide bonds. The fourth-order valence-corrected chi connectivity index (χ4v) is 3.55. The molecule has 1 unspecified atom stereocenters. The van der Waals surface area contributed by atoms with Crippen molar-refractivity contribution in [1.82, 2.24) is 0 Å². The Bertz CT molecular complexity index is 447. The summed E-state index contributed by atoms with van der Waals surface area (Å²) in [4.78, 5) is 0. The van der Waals surface area contributed by atoms with E-state index in [9.17, 15) is 0 Å². The van der Waals surface area contributed by atoms with Gasteiger partial charge in [-0.05, 0) is 36.5 Å². The third kappa shape index (κ3) is 3.14. The Morgan fingerprint density at radius 1 is 1.20 bits per heavy atom. The van der Waals surface area contributed by atoms with E-state index in [1.54, 1.807) is 0 Å². The molecule has 1 aromatic carbocycles. The lowest BCUT2D eigenvalue weighted by Gasteiger charge is -2.23. The molecule has 1 atom stereocenters. The predicted octanol–water partition coefficient (Wildman–Crippen LogP) is 5.85. The van der Waals surface area contributed by atoms with Crippen molar-refractivity contribution in [2.24, 2.45) is 5.92 Å². The van der Waals surface area contributed by atoms with E-state index in [-0.39, 0.29) is 10.8 Å². The molecular formula is C18H27ClO. The predicted molar refractivity (Wildman–Crippen MR) is 86.9 cm³/mol. The van der Waals surface area contributed by atoms with Crippen molar-refractivity contribution in [2.75, 3.05) is 6.61 Å². The van der Waals surface area contributed by atoms with Crippen LogP contribution in [0.4, 0.5) is 0 Å². The Balaban J connectivity index is 2.24. The summed E-state index contributed by atoms with van der Waals surface area (Å²) in [5.74, 6) is 1.61. The Hall–Kier alpha value is -0.690. The molecule has 0 N–H and O–H groups in total. The Kier molecular flexibility index (Phi) is 5.01. The zero-order valence-electron chi connectivity index (χ0n) is 13.2. The molecule has 0 saturated heterocycles. The van der Waals surface area contributed by atoms with Crippen molar-refractivity contribution in [3.05, 3.63) is 29.3 Å². The van der Waals surface area contributed by atoms with Crippen molar-refractivity contribution in [2.45, 2.75) is 64.2 Å². The summed E-state index contributed by atoms with van der Waals surface area (Å²) in [5.41, 5.74) is 2.68. The molecule has 0 spiro atoms. The summed E-state index contributed by atoms with van der Waals surface area (Å²) in [6.45, 7) is 9.73. The highest BCUT2D eigenvalue weighted by Gasteiger charge is 2.32. The summed E-state index contributed by atoms with van der Waals surface area (Å²) in [5, 5.41) is 0.122. The number of halogens is 1. The quantitative estimate of drug-likeness (QED) is 0.598. The second-order valence-electron chi connectivity index (χ2n) is 6.67. The number of ether oxygens (including phenoxy) is 1. The number of benzene rings is 1. The van der Waals surface area contributed by atoms with Gasteiger partial charge in [0.25, 0.3) is 0 Å². The highest BCUT2D eigenvalue weighted by atomic mass is 35.5. The molecular weight excluding hydrogens is 268 g/mol. The van der Waals surface area contributed by atoms with Crippen LogP contribution < -0.4 is 4.74 Å². The second kappa shape index (κ2) is 6.39. The van der Waals surface area contributed by atoms with Crippen molar-refractivity contribution in [3.8, 4) is 5.75 Å². The summed E-state index contributed by atoms with van der Waals surface area (Å²) >= 11 is 6.78. The number of hydrogen-bond acceptors (Lipinski definition) is 1. The van der Waals surface area contributed by atoms with Crippen molar-refractivity contribution < 1.29 is 4.74 Å². The maximum atomic E-state index is 6.78. The SMILES string of the molecule is CCCC(CCC)C(Cl)c1ccc2c(c1)C(C)(C)CO2. The van der Waals surface area contributed by atoms with Crippen molar-refractivity contribution in [3.63, 3.8) is 0 Å². The van der Waals surface area contributed by atoms with Crippen LogP contribution in [0.3, 0.4) is 0 Å². The molecule has 0 aliphatic carbocycles. The average molecular weight is 295 g/mol. The van der Waals surface area contributed by atoms with E-state index < -0.39 is 0 Å². The minimum absolute atomic E-state index is 0.104. The topological polar surface area (TPSA) is 9.23 Å². The van der Waals surface area contributed by atoms with Crippen LogP contribution in [0.15, 0.2) is 18.2 Å². The van der Waals surface area contributed by atoms with Gasteiger partial charge in [-0.3, -0.25) is 0 Å². The molecule has 0 bridgehead atoms. The van der Waals surface area contributed by atoms with Gasteiger partial charge in [0.2, 0.25) is 0 Å². The summed E-state index contributed by atoms with van der Waals surface area (Å²) in [6.07, 6.45) is 4.82. The van der Waals surface area contributed by atoms with Crippen LogP contribution in [0.1, 0.15) is 69.9 Å². The van der Waals surface area contributed by atoms with Crippen molar-refractivity contribution >= 4 is 11.6 Å². The van der Waals surface area contributed by atoms with Gasteiger partial charge in [0, 0.05) is 11.0 Å². The molecule has 0 fully saturated rings. The first-order valence-electron chi connectivity index (χ1n) is 7.91. The van der Waals surface area contributed by atoms with E-state index in [1.807, 2.05) is 0 Å².